The maximum Gasteiger partial charge on any atom is 0.243 e. The van der Waals surface area contributed by atoms with Gasteiger partial charge in [-0.05, 0) is 43.7 Å². The molecule has 1 heterocycles. The molecule has 0 bridgehead atoms. The third-order valence-electron chi connectivity index (χ3n) is 4.38. The molecule has 1 amide bonds. The predicted octanol–water partition coefficient (Wildman–Crippen LogP) is 3.66. The molecule has 5 heteroatoms. The molecule has 0 saturated carbocycles. The van der Waals surface area contributed by atoms with Gasteiger partial charge in [-0.2, -0.15) is 0 Å². The molecule has 0 unspecified atom stereocenters. The lowest BCUT2D eigenvalue weighted by Crippen LogP contribution is -2.24. The smallest absolute Gasteiger partial charge is 0.243 e. The van der Waals surface area contributed by atoms with Gasteiger partial charge in [0.05, 0.1) is 17.6 Å². The van der Waals surface area contributed by atoms with Gasteiger partial charge < -0.3 is 14.6 Å². The van der Waals surface area contributed by atoms with Gasteiger partial charge in [0.2, 0.25) is 5.91 Å². The molecule has 140 valence electrons. The first-order valence-electron chi connectivity index (χ1n) is 9.21. The summed E-state index contributed by atoms with van der Waals surface area (Å²) in [4.78, 5) is 16.1. The number of para-hydroxylation sites is 2. The van der Waals surface area contributed by atoms with Crippen molar-refractivity contribution in [2.24, 2.45) is 0 Å². The molecule has 2 aromatic carbocycles. The molecule has 0 atom stereocenters. The SMILES string of the molecule is C=CC(=O)NCCc1nc2ccccc2n1CCCOc1ccc(C)cc1. The van der Waals surface area contributed by atoms with Crippen LogP contribution in [0.5, 0.6) is 5.75 Å². The van der Waals surface area contributed by atoms with Gasteiger partial charge in [-0.1, -0.05) is 36.4 Å². The molecular weight excluding hydrogens is 338 g/mol. The zero-order valence-corrected chi connectivity index (χ0v) is 15.6. The lowest BCUT2D eigenvalue weighted by atomic mass is 10.2. The molecular formula is C22H25N3O2. The van der Waals surface area contributed by atoms with Crippen LogP contribution < -0.4 is 10.1 Å². The van der Waals surface area contributed by atoms with Gasteiger partial charge in [0, 0.05) is 19.5 Å². The zero-order chi connectivity index (χ0) is 19.1. The van der Waals surface area contributed by atoms with Crippen LogP contribution in [0.2, 0.25) is 0 Å². The summed E-state index contributed by atoms with van der Waals surface area (Å²) in [6, 6.07) is 16.2. The number of amides is 1. The van der Waals surface area contributed by atoms with Crippen LogP contribution in [0, 0.1) is 6.92 Å². The van der Waals surface area contributed by atoms with E-state index < -0.39 is 0 Å². The summed E-state index contributed by atoms with van der Waals surface area (Å²) in [6.45, 7) is 7.53. The maximum absolute atomic E-state index is 11.4. The molecule has 0 fully saturated rings. The van der Waals surface area contributed by atoms with Gasteiger partial charge in [-0.25, -0.2) is 4.98 Å². The average Bonchev–Trinajstić information content (AvgIpc) is 3.04. The quantitative estimate of drug-likeness (QED) is 0.466. The lowest BCUT2D eigenvalue weighted by Gasteiger charge is -2.11. The van der Waals surface area contributed by atoms with Crippen molar-refractivity contribution in [3.8, 4) is 5.75 Å². The van der Waals surface area contributed by atoms with Crippen molar-refractivity contribution in [3.05, 3.63) is 72.6 Å². The third kappa shape index (κ3) is 4.97. The average molecular weight is 363 g/mol. The second kappa shape index (κ2) is 9.03. The van der Waals surface area contributed by atoms with Crippen molar-refractivity contribution >= 4 is 16.9 Å². The number of nitrogens with one attached hydrogen (secondary N) is 1. The van der Waals surface area contributed by atoms with Crippen LogP contribution in [0.15, 0.2) is 61.2 Å². The molecule has 27 heavy (non-hydrogen) atoms. The summed E-state index contributed by atoms with van der Waals surface area (Å²) in [6.07, 6.45) is 2.83. The van der Waals surface area contributed by atoms with Crippen molar-refractivity contribution in [2.45, 2.75) is 26.3 Å². The highest BCUT2D eigenvalue weighted by molar-refractivity contribution is 5.86. The zero-order valence-electron chi connectivity index (χ0n) is 15.6. The first kappa shape index (κ1) is 18.7. The van der Waals surface area contributed by atoms with E-state index in [0.29, 0.717) is 19.6 Å². The van der Waals surface area contributed by atoms with Crippen LogP contribution >= 0.6 is 0 Å². The minimum Gasteiger partial charge on any atom is -0.494 e. The number of fused-ring (bicyclic) bond motifs is 1. The number of aryl methyl sites for hydroxylation is 2. The van der Waals surface area contributed by atoms with E-state index in [0.717, 1.165) is 35.6 Å². The summed E-state index contributed by atoms with van der Waals surface area (Å²) < 4.78 is 8.05. The van der Waals surface area contributed by atoms with E-state index >= 15 is 0 Å². The molecule has 0 saturated heterocycles. The summed E-state index contributed by atoms with van der Waals surface area (Å²) >= 11 is 0. The highest BCUT2D eigenvalue weighted by Gasteiger charge is 2.10. The van der Waals surface area contributed by atoms with Gasteiger partial charge in [0.25, 0.3) is 0 Å². The Balaban J connectivity index is 1.62. The van der Waals surface area contributed by atoms with Crippen molar-refractivity contribution in [1.29, 1.82) is 0 Å². The fourth-order valence-corrected chi connectivity index (χ4v) is 2.98. The molecule has 0 spiro atoms. The monoisotopic (exact) mass is 363 g/mol. The molecule has 1 aromatic heterocycles. The molecule has 1 N–H and O–H groups in total. The molecule has 0 aliphatic heterocycles. The highest BCUT2D eigenvalue weighted by Crippen LogP contribution is 2.17. The second-order valence-electron chi connectivity index (χ2n) is 6.43. The van der Waals surface area contributed by atoms with E-state index in [9.17, 15) is 4.79 Å². The minimum atomic E-state index is -0.163. The summed E-state index contributed by atoms with van der Waals surface area (Å²) in [5, 5.41) is 2.81. The second-order valence-corrected chi connectivity index (χ2v) is 6.43. The Morgan fingerprint density at radius 1 is 1.22 bits per heavy atom. The van der Waals surface area contributed by atoms with Gasteiger partial charge in [0.15, 0.2) is 0 Å². The van der Waals surface area contributed by atoms with Crippen LogP contribution in [0.4, 0.5) is 0 Å². The summed E-state index contributed by atoms with van der Waals surface area (Å²) in [5.74, 6) is 1.70. The fourth-order valence-electron chi connectivity index (χ4n) is 2.98. The number of nitrogens with zero attached hydrogens (tertiary/aromatic N) is 2. The number of hydrogen-bond donors (Lipinski definition) is 1. The minimum absolute atomic E-state index is 0.163. The van der Waals surface area contributed by atoms with Crippen molar-refractivity contribution in [3.63, 3.8) is 0 Å². The van der Waals surface area contributed by atoms with Gasteiger partial charge in [-0.15, -0.1) is 0 Å². The Morgan fingerprint density at radius 3 is 2.78 bits per heavy atom. The van der Waals surface area contributed by atoms with Gasteiger partial charge >= 0.3 is 0 Å². The Kier molecular flexibility index (Phi) is 6.26. The Bertz CT molecular complexity index is 913. The topological polar surface area (TPSA) is 56.2 Å². The van der Waals surface area contributed by atoms with E-state index in [4.69, 9.17) is 9.72 Å². The van der Waals surface area contributed by atoms with Crippen LogP contribution in [-0.4, -0.2) is 28.6 Å². The lowest BCUT2D eigenvalue weighted by molar-refractivity contribution is -0.116. The predicted molar refractivity (Wildman–Crippen MR) is 108 cm³/mol. The third-order valence-corrected chi connectivity index (χ3v) is 4.38. The van der Waals surface area contributed by atoms with E-state index in [-0.39, 0.29) is 5.91 Å². The van der Waals surface area contributed by atoms with Crippen LogP contribution in [0.25, 0.3) is 11.0 Å². The molecule has 3 aromatic rings. The number of hydrogen-bond acceptors (Lipinski definition) is 3. The number of benzene rings is 2. The Labute approximate surface area is 159 Å². The fraction of sp³-hybridized carbons (Fsp3) is 0.273. The number of aromatic nitrogens is 2. The Morgan fingerprint density at radius 2 is 2.00 bits per heavy atom. The van der Waals surface area contributed by atoms with E-state index in [1.54, 1.807) is 0 Å². The number of ether oxygens (including phenoxy) is 1. The van der Waals surface area contributed by atoms with Crippen molar-refractivity contribution in [2.75, 3.05) is 13.2 Å². The van der Waals surface area contributed by atoms with Crippen LogP contribution in [0.1, 0.15) is 17.8 Å². The normalized spacial score (nSPS) is 10.7. The summed E-state index contributed by atoms with van der Waals surface area (Å²) in [7, 11) is 0. The molecule has 5 nitrogen and oxygen atoms in total. The van der Waals surface area contributed by atoms with Crippen LogP contribution in [-0.2, 0) is 17.8 Å². The number of rotatable bonds is 9. The van der Waals surface area contributed by atoms with E-state index in [2.05, 4.69) is 29.5 Å². The highest BCUT2D eigenvalue weighted by atomic mass is 16.5. The number of carbonyl (C=O) groups excluding carboxylic acids is 1. The molecule has 0 radical (unpaired) electrons. The van der Waals surface area contributed by atoms with Gasteiger partial charge in [-0.3, -0.25) is 4.79 Å². The van der Waals surface area contributed by atoms with Crippen LogP contribution in [0.3, 0.4) is 0 Å². The molecule has 3 rings (SSSR count). The Hall–Kier alpha value is -3.08. The maximum atomic E-state index is 11.4. The standard InChI is InChI=1S/C22H25N3O2/c1-3-22(26)23-14-13-21-24-19-7-4-5-8-20(19)25(21)15-6-16-27-18-11-9-17(2)10-12-18/h3-5,7-12H,1,6,13-16H2,2H3,(H,23,26). The first-order valence-corrected chi connectivity index (χ1v) is 9.21. The summed E-state index contributed by atoms with van der Waals surface area (Å²) in [5.41, 5.74) is 3.31. The molecule has 0 aliphatic rings. The molecule has 0 aliphatic carbocycles. The van der Waals surface area contributed by atoms with E-state index in [1.807, 2.05) is 42.5 Å². The largest absolute Gasteiger partial charge is 0.494 e. The van der Waals surface area contributed by atoms with E-state index in [1.165, 1.54) is 11.6 Å². The van der Waals surface area contributed by atoms with Crippen molar-refractivity contribution in [1.82, 2.24) is 14.9 Å². The number of imidazole rings is 1. The van der Waals surface area contributed by atoms with Crippen molar-refractivity contribution < 1.29 is 9.53 Å². The number of carbonyl (C=O) groups is 1. The van der Waals surface area contributed by atoms with Gasteiger partial charge in [0.1, 0.15) is 11.6 Å². The first-order chi connectivity index (χ1) is 13.2.